The van der Waals surface area contributed by atoms with E-state index in [0.717, 1.165) is 17.8 Å². The maximum Gasteiger partial charge on any atom is 0.329 e. The van der Waals surface area contributed by atoms with Crippen molar-refractivity contribution in [2.75, 3.05) is 30.4 Å². The number of amides is 2. The summed E-state index contributed by atoms with van der Waals surface area (Å²) in [5.74, 6) is 0.452. The molecule has 0 atom stereocenters. The minimum atomic E-state index is -0.262. The first-order valence-electron chi connectivity index (χ1n) is 7.09. The van der Waals surface area contributed by atoms with Gasteiger partial charge in [-0.2, -0.15) is 0 Å². The van der Waals surface area contributed by atoms with Crippen LogP contribution < -0.4 is 10.6 Å². The Hall–Kier alpha value is -2.08. The first-order valence-corrected chi connectivity index (χ1v) is 7.09. The van der Waals surface area contributed by atoms with Crippen LogP contribution in [0.2, 0.25) is 0 Å². The summed E-state index contributed by atoms with van der Waals surface area (Å²) in [6.45, 7) is 6.00. The van der Waals surface area contributed by atoms with Crippen molar-refractivity contribution in [2.45, 2.75) is 25.8 Å². The Labute approximate surface area is 124 Å². The number of rotatable bonds is 2. The third kappa shape index (κ3) is 2.47. The number of anilines is 2. The van der Waals surface area contributed by atoms with E-state index in [1.54, 1.807) is 17.2 Å². The summed E-state index contributed by atoms with van der Waals surface area (Å²) in [6, 6.07) is 3.53. The monoisotopic (exact) mass is 288 g/mol. The highest BCUT2D eigenvalue weighted by Crippen LogP contribution is 2.34. The zero-order chi connectivity index (χ0) is 15.0. The van der Waals surface area contributed by atoms with Gasteiger partial charge in [0, 0.05) is 12.1 Å². The van der Waals surface area contributed by atoms with Crippen LogP contribution in [0, 0.1) is 0 Å². The van der Waals surface area contributed by atoms with Gasteiger partial charge in [0.2, 0.25) is 0 Å². The van der Waals surface area contributed by atoms with Crippen molar-refractivity contribution in [3.05, 3.63) is 30.1 Å². The molecule has 0 unspecified atom stereocenters. The van der Waals surface area contributed by atoms with Crippen LogP contribution >= 0.6 is 0 Å². The van der Waals surface area contributed by atoms with E-state index < -0.39 is 0 Å². The van der Waals surface area contributed by atoms with Crippen molar-refractivity contribution >= 4 is 17.5 Å². The molecular formula is C15H20N4O2. The molecule has 2 aliphatic rings. The van der Waals surface area contributed by atoms with E-state index in [0.29, 0.717) is 25.6 Å². The molecule has 6 heteroatoms. The van der Waals surface area contributed by atoms with Crippen molar-refractivity contribution < 1.29 is 9.53 Å². The average Bonchev–Trinajstić information content (AvgIpc) is 2.70. The molecule has 0 bridgehead atoms. The molecule has 3 heterocycles. The van der Waals surface area contributed by atoms with Crippen molar-refractivity contribution in [2.24, 2.45) is 0 Å². The molecule has 1 aromatic rings. The first-order chi connectivity index (χ1) is 9.99. The molecule has 1 saturated heterocycles. The van der Waals surface area contributed by atoms with Gasteiger partial charge in [-0.1, -0.05) is 0 Å². The molecule has 0 aromatic carbocycles. The van der Waals surface area contributed by atoms with Crippen LogP contribution in [0.15, 0.2) is 30.1 Å². The Morgan fingerprint density at radius 3 is 2.81 bits per heavy atom. The smallest absolute Gasteiger partial charge is 0.329 e. The molecule has 21 heavy (non-hydrogen) atoms. The van der Waals surface area contributed by atoms with Crippen molar-refractivity contribution in [3.8, 4) is 0 Å². The van der Waals surface area contributed by atoms with Gasteiger partial charge in [-0.05, 0) is 32.1 Å². The van der Waals surface area contributed by atoms with E-state index in [1.807, 2.05) is 17.0 Å². The zero-order valence-corrected chi connectivity index (χ0v) is 12.4. The Kier molecular flexibility index (Phi) is 3.33. The van der Waals surface area contributed by atoms with Crippen LogP contribution in [0.5, 0.6) is 0 Å². The third-order valence-electron chi connectivity index (χ3n) is 3.88. The van der Waals surface area contributed by atoms with E-state index in [4.69, 9.17) is 10.5 Å². The minimum Gasteiger partial charge on any atom is -0.384 e. The SMILES string of the molecule is CC1(C)CN(c2ccc(N)nc2)C(=O)N1C1=CCOCC1. The van der Waals surface area contributed by atoms with Gasteiger partial charge in [0.25, 0.3) is 0 Å². The highest BCUT2D eigenvalue weighted by molar-refractivity contribution is 5.96. The Bertz CT molecular complexity index is 580. The predicted molar refractivity (Wildman–Crippen MR) is 80.8 cm³/mol. The highest BCUT2D eigenvalue weighted by Gasteiger charge is 2.45. The van der Waals surface area contributed by atoms with E-state index in [9.17, 15) is 4.79 Å². The summed E-state index contributed by atoms with van der Waals surface area (Å²) in [6.07, 6.45) is 4.40. The number of nitrogens with zero attached hydrogens (tertiary/aromatic N) is 3. The fourth-order valence-corrected chi connectivity index (χ4v) is 2.90. The summed E-state index contributed by atoms with van der Waals surface area (Å²) in [5.41, 5.74) is 7.17. The van der Waals surface area contributed by atoms with Gasteiger partial charge in [0.15, 0.2) is 0 Å². The van der Waals surface area contributed by atoms with Gasteiger partial charge in [0.1, 0.15) is 5.82 Å². The molecule has 2 aliphatic heterocycles. The summed E-state index contributed by atoms with van der Waals surface area (Å²) in [5, 5.41) is 0. The maximum atomic E-state index is 12.8. The van der Waals surface area contributed by atoms with Crippen molar-refractivity contribution in [1.82, 2.24) is 9.88 Å². The van der Waals surface area contributed by atoms with Crippen LogP contribution in [0.3, 0.4) is 0 Å². The molecule has 0 saturated carbocycles. The molecule has 3 rings (SSSR count). The van der Waals surface area contributed by atoms with Crippen molar-refractivity contribution in [3.63, 3.8) is 0 Å². The van der Waals surface area contributed by atoms with Crippen LogP contribution in [-0.4, -0.2) is 41.2 Å². The molecule has 1 aromatic heterocycles. The molecule has 0 spiro atoms. The fourth-order valence-electron chi connectivity index (χ4n) is 2.90. The second kappa shape index (κ2) is 5.04. The molecular weight excluding hydrogens is 268 g/mol. The van der Waals surface area contributed by atoms with Crippen molar-refractivity contribution in [1.29, 1.82) is 0 Å². The lowest BCUT2D eigenvalue weighted by Gasteiger charge is -2.33. The number of carbonyl (C=O) groups is 1. The number of urea groups is 1. The largest absolute Gasteiger partial charge is 0.384 e. The van der Waals surface area contributed by atoms with Gasteiger partial charge >= 0.3 is 6.03 Å². The maximum absolute atomic E-state index is 12.8. The van der Waals surface area contributed by atoms with Gasteiger partial charge < -0.3 is 10.5 Å². The number of hydrogen-bond donors (Lipinski definition) is 1. The quantitative estimate of drug-likeness (QED) is 0.903. The summed E-state index contributed by atoms with van der Waals surface area (Å²) in [4.78, 5) is 20.5. The molecule has 0 radical (unpaired) electrons. The predicted octanol–water partition coefficient (Wildman–Crippen LogP) is 1.99. The van der Waals surface area contributed by atoms with E-state index in [2.05, 4.69) is 18.8 Å². The number of nitrogens with two attached hydrogens (primary N) is 1. The lowest BCUT2D eigenvalue weighted by Crippen LogP contribution is -2.42. The molecule has 0 aliphatic carbocycles. The number of hydrogen-bond acceptors (Lipinski definition) is 4. The summed E-state index contributed by atoms with van der Waals surface area (Å²) >= 11 is 0. The average molecular weight is 288 g/mol. The van der Waals surface area contributed by atoms with E-state index in [-0.39, 0.29) is 11.6 Å². The molecule has 112 valence electrons. The van der Waals surface area contributed by atoms with E-state index >= 15 is 0 Å². The number of nitrogen functional groups attached to an aromatic ring is 1. The number of aromatic nitrogens is 1. The second-order valence-electron chi connectivity index (χ2n) is 5.98. The molecule has 2 N–H and O–H groups in total. The number of ether oxygens (including phenoxy) is 1. The van der Waals surface area contributed by atoms with Gasteiger partial charge in [-0.15, -0.1) is 0 Å². The normalized spacial score (nSPS) is 21.6. The zero-order valence-electron chi connectivity index (χ0n) is 12.4. The summed E-state index contributed by atoms with van der Waals surface area (Å²) in [7, 11) is 0. The highest BCUT2D eigenvalue weighted by atomic mass is 16.5. The Morgan fingerprint density at radius 1 is 1.38 bits per heavy atom. The molecule has 2 amide bonds. The molecule has 6 nitrogen and oxygen atoms in total. The molecule has 1 fully saturated rings. The Morgan fingerprint density at radius 2 is 2.19 bits per heavy atom. The number of pyridine rings is 1. The van der Waals surface area contributed by atoms with Gasteiger partial charge in [-0.3, -0.25) is 9.80 Å². The third-order valence-corrected chi connectivity index (χ3v) is 3.88. The lowest BCUT2D eigenvalue weighted by molar-refractivity contribution is 0.132. The lowest BCUT2D eigenvalue weighted by atomic mass is 10.0. The Balaban J connectivity index is 1.91. The minimum absolute atomic E-state index is 0.0141. The standard InChI is InChI=1S/C15H20N4O2/c1-15(2)10-18(12-3-4-13(16)17-9-12)14(20)19(15)11-5-7-21-8-6-11/h3-5,9H,6-8,10H2,1-2H3,(H2,16,17). The van der Waals surface area contributed by atoms with Crippen LogP contribution in [0.25, 0.3) is 0 Å². The van der Waals surface area contributed by atoms with Crippen LogP contribution in [0.4, 0.5) is 16.3 Å². The van der Waals surface area contributed by atoms with Gasteiger partial charge in [-0.25, -0.2) is 9.78 Å². The van der Waals surface area contributed by atoms with Gasteiger partial charge in [0.05, 0.1) is 37.2 Å². The fraction of sp³-hybridized carbons (Fsp3) is 0.467. The van der Waals surface area contributed by atoms with Crippen LogP contribution in [0.1, 0.15) is 20.3 Å². The summed E-state index contributed by atoms with van der Waals surface area (Å²) < 4.78 is 5.34. The number of carbonyl (C=O) groups excluding carboxylic acids is 1. The first kappa shape index (κ1) is 13.9. The second-order valence-corrected chi connectivity index (χ2v) is 5.98. The van der Waals surface area contributed by atoms with Crippen LogP contribution in [-0.2, 0) is 4.74 Å². The van der Waals surface area contributed by atoms with E-state index in [1.165, 1.54) is 0 Å². The topological polar surface area (TPSA) is 71.7 Å².